The Balaban J connectivity index is 1.36. The lowest BCUT2D eigenvalue weighted by Gasteiger charge is -2.14. The van der Waals surface area contributed by atoms with Crippen LogP contribution in [0.1, 0.15) is 27.7 Å². The van der Waals surface area contributed by atoms with Gasteiger partial charge in [0.05, 0.1) is 18.7 Å². The summed E-state index contributed by atoms with van der Waals surface area (Å²) in [6.07, 6.45) is -0.640. The number of hydrogen-bond donors (Lipinski definition) is 2. The molecule has 142 valence electrons. The summed E-state index contributed by atoms with van der Waals surface area (Å²) in [6, 6.07) is 16.3. The van der Waals surface area contributed by atoms with Gasteiger partial charge in [-0.25, -0.2) is 9.78 Å². The van der Waals surface area contributed by atoms with Crippen LogP contribution >= 0.6 is 11.3 Å². The van der Waals surface area contributed by atoms with Gasteiger partial charge >= 0.3 is 12.1 Å². The van der Waals surface area contributed by atoms with E-state index in [0.717, 1.165) is 11.1 Å². The van der Waals surface area contributed by atoms with Crippen LogP contribution in [-0.2, 0) is 22.5 Å². The average molecular weight is 394 g/mol. The predicted molar refractivity (Wildman–Crippen MR) is 105 cm³/mol. The van der Waals surface area contributed by atoms with Gasteiger partial charge in [-0.05, 0) is 22.3 Å². The van der Waals surface area contributed by atoms with Crippen LogP contribution in [0.15, 0.2) is 53.9 Å². The van der Waals surface area contributed by atoms with Crippen LogP contribution in [0.4, 0.5) is 4.79 Å². The molecule has 4 rings (SSSR count). The molecule has 1 aliphatic rings. The minimum absolute atomic E-state index is 0.0141. The quantitative estimate of drug-likeness (QED) is 0.664. The van der Waals surface area contributed by atoms with E-state index in [9.17, 15) is 9.59 Å². The molecule has 1 amide bonds. The smallest absolute Gasteiger partial charge is 0.407 e. The van der Waals surface area contributed by atoms with Crippen molar-refractivity contribution < 1.29 is 19.4 Å². The fourth-order valence-corrected chi connectivity index (χ4v) is 4.20. The van der Waals surface area contributed by atoms with Crippen molar-refractivity contribution >= 4 is 23.4 Å². The van der Waals surface area contributed by atoms with Gasteiger partial charge < -0.3 is 15.2 Å². The molecular formula is C21H18N2O4S. The topological polar surface area (TPSA) is 88.5 Å². The van der Waals surface area contributed by atoms with Crippen molar-refractivity contribution in [2.24, 2.45) is 0 Å². The number of hydrogen-bond acceptors (Lipinski definition) is 5. The van der Waals surface area contributed by atoms with E-state index < -0.39 is 12.1 Å². The highest BCUT2D eigenvalue weighted by Crippen LogP contribution is 2.44. The number of fused-ring (bicyclic) bond motifs is 3. The monoisotopic (exact) mass is 394 g/mol. The number of aromatic nitrogens is 1. The summed E-state index contributed by atoms with van der Waals surface area (Å²) in [5.41, 5.74) is 5.17. The second-order valence-electron chi connectivity index (χ2n) is 6.48. The van der Waals surface area contributed by atoms with E-state index in [2.05, 4.69) is 34.6 Å². The standard InChI is InChI=1S/C21H18N2O4S/c24-20(25)9-13-12-28-19(23-13)10-22-21(26)27-11-18-16-7-3-1-5-14(16)15-6-2-4-8-17(15)18/h1-8,12,18H,9-11H2,(H,22,26)(H,24,25). The van der Waals surface area contributed by atoms with Crippen molar-refractivity contribution in [1.82, 2.24) is 10.3 Å². The molecule has 0 unspecified atom stereocenters. The number of benzene rings is 2. The van der Waals surface area contributed by atoms with Gasteiger partial charge in [0.2, 0.25) is 0 Å². The number of carbonyl (C=O) groups is 2. The average Bonchev–Trinajstić information content (AvgIpc) is 3.26. The first kappa shape index (κ1) is 18.2. The van der Waals surface area contributed by atoms with Gasteiger partial charge in [-0.15, -0.1) is 11.3 Å². The lowest BCUT2D eigenvalue weighted by Crippen LogP contribution is -2.25. The van der Waals surface area contributed by atoms with Crippen molar-refractivity contribution in [3.63, 3.8) is 0 Å². The molecule has 7 heteroatoms. The Labute approximate surface area is 165 Å². The second-order valence-corrected chi connectivity index (χ2v) is 7.42. The number of nitrogens with one attached hydrogen (secondary N) is 1. The molecule has 1 aliphatic carbocycles. The Morgan fingerprint density at radius 1 is 1.07 bits per heavy atom. The molecule has 0 aliphatic heterocycles. The van der Waals surface area contributed by atoms with Crippen LogP contribution in [0.2, 0.25) is 0 Å². The van der Waals surface area contributed by atoms with Crippen molar-refractivity contribution in [1.29, 1.82) is 0 Å². The molecule has 0 spiro atoms. The molecule has 2 N–H and O–H groups in total. The number of carbonyl (C=O) groups excluding carboxylic acids is 1. The Morgan fingerprint density at radius 2 is 1.71 bits per heavy atom. The largest absolute Gasteiger partial charge is 0.481 e. The van der Waals surface area contributed by atoms with Crippen molar-refractivity contribution in [2.75, 3.05) is 6.61 Å². The zero-order valence-electron chi connectivity index (χ0n) is 14.9. The first-order valence-corrected chi connectivity index (χ1v) is 9.73. The van der Waals surface area contributed by atoms with Crippen LogP contribution in [0.25, 0.3) is 11.1 Å². The number of rotatable bonds is 6. The molecule has 0 radical (unpaired) electrons. The molecule has 0 bridgehead atoms. The van der Waals surface area contributed by atoms with E-state index in [0.29, 0.717) is 10.7 Å². The third-order valence-corrected chi connectivity index (χ3v) is 5.56. The van der Waals surface area contributed by atoms with E-state index in [4.69, 9.17) is 9.84 Å². The highest BCUT2D eigenvalue weighted by Gasteiger charge is 2.28. The Bertz CT molecular complexity index is 985. The molecule has 2 aromatic carbocycles. The third-order valence-electron chi connectivity index (χ3n) is 4.66. The molecule has 1 heterocycles. The van der Waals surface area contributed by atoms with Crippen LogP contribution in [0.3, 0.4) is 0 Å². The highest BCUT2D eigenvalue weighted by molar-refractivity contribution is 7.09. The molecular weight excluding hydrogens is 376 g/mol. The van der Waals surface area contributed by atoms with Gasteiger partial charge in [-0.1, -0.05) is 48.5 Å². The normalized spacial score (nSPS) is 12.3. The molecule has 0 saturated carbocycles. The molecule has 3 aromatic rings. The van der Waals surface area contributed by atoms with Gasteiger partial charge in [0, 0.05) is 11.3 Å². The zero-order valence-corrected chi connectivity index (χ0v) is 15.7. The molecule has 0 saturated heterocycles. The maximum Gasteiger partial charge on any atom is 0.407 e. The summed E-state index contributed by atoms with van der Waals surface area (Å²) >= 11 is 1.31. The van der Waals surface area contributed by atoms with Crippen LogP contribution in [0, 0.1) is 0 Å². The van der Waals surface area contributed by atoms with E-state index in [1.54, 1.807) is 5.38 Å². The molecule has 6 nitrogen and oxygen atoms in total. The van der Waals surface area contributed by atoms with Crippen molar-refractivity contribution in [3.05, 3.63) is 75.7 Å². The fraction of sp³-hybridized carbons (Fsp3) is 0.190. The van der Waals surface area contributed by atoms with Gasteiger partial charge in [0.1, 0.15) is 11.6 Å². The van der Waals surface area contributed by atoms with E-state index in [-0.39, 0.29) is 25.5 Å². The zero-order chi connectivity index (χ0) is 19.5. The summed E-state index contributed by atoms with van der Waals surface area (Å²) in [7, 11) is 0. The van der Waals surface area contributed by atoms with Gasteiger partial charge in [0.25, 0.3) is 0 Å². The van der Waals surface area contributed by atoms with Crippen molar-refractivity contribution in [2.45, 2.75) is 18.9 Å². The number of thiazole rings is 1. The molecule has 0 fully saturated rings. The fourth-order valence-electron chi connectivity index (χ4n) is 3.46. The first-order valence-electron chi connectivity index (χ1n) is 8.85. The van der Waals surface area contributed by atoms with E-state index >= 15 is 0 Å². The van der Waals surface area contributed by atoms with Gasteiger partial charge in [0.15, 0.2) is 0 Å². The van der Waals surface area contributed by atoms with Gasteiger partial charge in [-0.3, -0.25) is 4.79 Å². The number of carboxylic acids is 1. The van der Waals surface area contributed by atoms with E-state index in [1.165, 1.54) is 22.5 Å². The number of carboxylic acid groups (broad SMARTS) is 1. The van der Waals surface area contributed by atoms with Crippen molar-refractivity contribution in [3.8, 4) is 11.1 Å². The molecule has 1 aromatic heterocycles. The van der Waals surface area contributed by atoms with Crippen LogP contribution in [-0.4, -0.2) is 28.8 Å². The predicted octanol–water partition coefficient (Wildman–Crippen LogP) is 3.81. The second kappa shape index (κ2) is 7.82. The first-order chi connectivity index (χ1) is 13.6. The van der Waals surface area contributed by atoms with Gasteiger partial charge in [-0.2, -0.15) is 0 Å². The SMILES string of the molecule is O=C(O)Cc1csc(CNC(=O)OCC2c3ccccc3-c3ccccc32)n1. The number of nitrogens with zero attached hydrogens (tertiary/aromatic N) is 1. The van der Waals surface area contributed by atoms with E-state index in [1.807, 2.05) is 24.3 Å². The summed E-state index contributed by atoms with van der Waals surface area (Å²) in [5.74, 6) is -0.915. The summed E-state index contributed by atoms with van der Waals surface area (Å²) in [5, 5.41) is 13.8. The minimum Gasteiger partial charge on any atom is -0.481 e. The summed E-state index contributed by atoms with van der Waals surface area (Å²) in [4.78, 5) is 27.0. The molecule has 28 heavy (non-hydrogen) atoms. The lowest BCUT2D eigenvalue weighted by atomic mass is 9.98. The highest BCUT2D eigenvalue weighted by atomic mass is 32.1. The minimum atomic E-state index is -0.929. The maximum absolute atomic E-state index is 12.1. The third kappa shape index (κ3) is 3.75. The Morgan fingerprint density at radius 3 is 2.36 bits per heavy atom. The molecule has 0 atom stereocenters. The number of ether oxygens (including phenoxy) is 1. The van der Waals surface area contributed by atoms with Crippen LogP contribution in [0.5, 0.6) is 0 Å². The number of amides is 1. The summed E-state index contributed by atoms with van der Waals surface area (Å²) < 4.78 is 5.47. The van der Waals surface area contributed by atoms with Crippen LogP contribution < -0.4 is 5.32 Å². The number of aliphatic carboxylic acids is 1. The Kier molecular flexibility index (Phi) is 5.08. The summed E-state index contributed by atoms with van der Waals surface area (Å²) in [6.45, 7) is 0.461. The lowest BCUT2D eigenvalue weighted by molar-refractivity contribution is -0.136. The number of alkyl carbamates (subject to hydrolysis) is 1. The Hall–Kier alpha value is -3.19. The maximum atomic E-state index is 12.1.